The maximum atomic E-state index is 2.72. The van der Waals surface area contributed by atoms with E-state index < -0.39 is 0 Å². The van der Waals surface area contributed by atoms with Gasteiger partial charge in [0.1, 0.15) is 25.2 Å². The van der Waals surface area contributed by atoms with Crippen LogP contribution in [0.25, 0.3) is 0 Å². The van der Waals surface area contributed by atoms with Gasteiger partial charge < -0.3 is 0 Å². The van der Waals surface area contributed by atoms with Crippen LogP contribution in [0.5, 0.6) is 0 Å². The first-order chi connectivity index (χ1) is 10.9. The lowest BCUT2D eigenvalue weighted by atomic mass is 9.73. The summed E-state index contributed by atoms with van der Waals surface area (Å²) in [6.07, 6.45) is 8.18. The molecular formula is C21H39N2+. The molecule has 1 aliphatic heterocycles. The monoisotopic (exact) mass is 319 g/mol. The predicted molar refractivity (Wildman–Crippen MR) is 98.9 cm³/mol. The molecule has 4 atom stereocenters. The molecule has 2 nitrogen and oxygen atoms in total. The highest BCUT2D eigenvalue weighted by atomic mass is 15.3. The Bertz CT molecular complexity index is 419. The summed E-state index contributed by atoms with van der Waals surface area (Å²) in [7, 11) is 0. The predicted octanol–water partition coefficient (Wildman–Crippen LogP) is 4.48. The average Bonchev–Trinajstić information content (AvgIpc) is 2.85. The Balaban J connectivity index is 1.73. The van der Waals surface area contributed by atoms with Gasteiger partial charge in [0.2, 0.25) is 6.34 Å². The smallest absolute Gasteiger partial charge is 0.234 e. The largest absolute Gasteiger partial charge is 0.261 e. The second-order valence-electron chi connectivity index (χ2n) is 9.63. The van der Waals surface area contributed by atoms with E-state index in [9.17, 15) is 0 Å². The van der Waals surface area contributed by atoms with Gasteiger partial charge in [-0.05, 0) is 61.2 Å². The fourth-order valence-corrected chi connectivity index (χ4v) is 6.71. The molecule has 2 heteroatoms. The first-order valence-corrected chi connectivity index (χ1v) is 10.2. The number of nitrogens with zero attached hydrogens (tertiary/aromatic N) is 2. The molecule has 132 valence electrons. The Morgan fingerprint density at radius 1 is 0.739 bits per heavy atom. The van der Waals surface area contributed by atoms with Crippen LogP contribution in [-0.4, -0.2) is 41.0 Å². The van der Waals surface area contributed by atoms with Crippen LogP contribution >= 0.6 is 0 Å². The minimum atomic E-state index is 0.768. The van der Waals surface area contributed by atoms with Crippen LogP contribution in [0.4, 0.5) is 0 Å². The van der Waals surface area contributed by atoms with Crippen LogP contribution in [0, 0.1) is 35.5 Å². The molecule has 3 aliphatic rings. The topological polar surface area (TPSA) is 6.25 Å². The van der Waals surface area contributed by atoms with E-state index in [-0.39, 0.29) is 0 Å². The molecule has 0 amide bonds. The standard InChI is InChI=1S/C21H39N2/c1-14-9-16(3)20(17(4)10-14)22-7-8-23(13-22)21-18(5)11-15(2)12-19(21)6/h13-21H,7-12H2,1-6H3/q+1/t14?,15?,16-,17-,18+,19+,20?,21?. The number of hydrogen-bond donors (Lipinski definition) is 0. The van der Waals surface area contributed by atoms with E-state index in [0.717, 1.165) is 47.6 Å². The second kappa shape index (κ2) is 6.76. The van der Waals surface area contributed by atoms with E-state index in [1.54, 1.807) is 0 Å². The first kappa shape index (κ1) is 17.3. The number of rotatable bonds is 2. The molecule has 23 heavy (non-hydrogen) atoms. The van der Waals surface area contributed by atoms with E-state index in [1.807, 2.05) is 0 Å². The van der Waals surface area contributed by atoms with Crippen molar-refractivity contribution in [2.24, 2.45) is 35.5 Å². The van der Waals surface area contributed by atoms with Crippen molar-refractivity contribution in [3.05, 3.63) is 0 Å². The van der Waals surface area contributed by atoms with Crippen molar-refractivity contribution in [2.75, 3.05) is 13.1 Å². The Morgan fingerprint density at radius 2 is 1.22 bits per heavy atom. The zero-order valence-electron chi connectivity index (χ0n) is 16.3. The lowest BCUT2D eigenvalue weighted by molar-refractivity contribution is -0.573. The molecule has 0 aromatic carbocycles. The van der Waals surface area contributed by atoms with Gasteiger partial charge in [0, 0.05) is 0 Å². The highest BCUT2D eigenvalue weighted by Crippen LogP contribution is 2.38. The van der Waals surface area contributed by atoms with Gasteiger partial charge in [-0.25, -0.2) is 0 Å². The normalized spacial score (nSPS) is 48.4. The lowest BCUT2D eigenvalue weighted by Crippen LogP contribution is -2.46. The van der Waals surface area contributed by atoms with Crippen LogP contribution in [0.1, 0.15) is 67.2 Å². The molecule has 0 saturated heterocycles. The summed E-state index contributed by atoms with van der Waals surface area (Å²) in [6, 6.07) is 1.54. The van der Waals surface area contributed by atoms with Gasteiger partial charge >= 0.3 is 0 Å². The van der Waals surface area contributed by atoms with Gasteiger partial charge in [0.15, 0.2) is 0 Å². The third-order valence-electron chi connectivity index (χ3n) is 7.11. The molecule has 0 aromatic rings. The minimum Gasteiger partial charge on any atom is -0.261 e. The van der Waals surface area contributed by atoms with Crippen LogP contribution in [0.15, 0.2) is 0 Å². The Hall–Kier alpha value is -0.530. The maximum Gasteiger partial charge on any atom is 0.234 e. The van der Waals surface area contributed by atoms with E-state index in [4.69, 9.17) is 0 Å². The van der Waals surface area contributed by atoms with Crippen LogP contribution in [0.3, 0.4) is 0 Å². The molecule has 0 N–H and O–H groups in total. The van der Waals surface area contributed by atoms with Crippen molar-refractivity contribution in [3.8, 4) is 0 Å². The Morgan fingerprint density at radius 3 is 1.74 bits per heavy atom. The fourth-order valence-electron chi connectivity index (χ4n) is 6.71. The molecule has 0 unspecified atom stereocenters. The SMILES string of the molecule is CC1C[C@@H](C)C(N2C=[N+](C3[C@@H](C)CC(C)C[C@@H]3C)CC2)[C@H](C)C1. The van der Waals surface area contributed by atoms with E-state index in [0.29, 0.717) is 0 Å². The molecule has 0 aromatic heterocycles. The summed E-state index contributed by atoms with van der Waals surface area (Å²) in [4.78, 5) is 2.72. The molecule has 3 rings (SSSR count). The number of hydrogen-bond acceptors (Lipinski definition) is 1. The molecule has 2 saturated carbocycles. The van der Waals surface area contributed by atoms with Gasteiger partial charge in [-0.2, -0.15) is 0 Å². The van der Waals surface area contributed by atoms with Crippen molar-refractivity contribution in [1.82, 2.24) is 4.90 Å². The first-order valence-electron chi connectivity index (χ1n) is 10.2. The van der Waals surface area contributed by atoms with E-state index in [2.05, 4.69) is 57.4 Å². The van der Waals surface area contributed by atoms with E-state index in [1.165, 1.54) is 38.8 Å². The second-order valence-corrected chi connectivity index (χ2v) is 9.63. The highest BCUT2D eigenvalue weighted by molar-refractivity contribution is 5.51. The fraction of sp³-hybridized carbons (Fsp3) is 0.952. The molecule has 0 spiro atoms. The third kappa shape index (κ3) is 3.46. The zero-order chi connectivity index (χ0) is 16.7. The molecule has 0 bridgehead atoms. The van der Waals surface area contributed by atoms with Gasteiger partial charge in [0.05, 0.1) is 0 Å². The van der Waals surface area contributed by atoms with Gasteiger partial charge in [-0.3, -0.25) is 9.48 Å². The molecule has 2 aliphatic carbocycles. The molecular weight excluding hydrogens is 280 g/mol. The lowest BCUT2D eigenvalue weighted by Gasteiger charge is -2.39. The van der Waals surface area contributed by atoms with Crippen LogP contribution in [0.2, 0.25) is 0 Å². The minimum absolute atomic E-state index is 0.768. The van der Waals surface area contributed by atoms with Crippen molar-refractivity contribution in [2.45, 2.75) is 79.3 Å². The molecule has 1 heterocycles. The van der Waals surface area contributed by atoms with Gasteiger partial charge in [-0.1, -0.05) is 41.5 Å². The Labute approximate surface area is 144 Å². The molecule has 2 fully saturated rings. The van der Waals surface area contributed by atoms with Crippen molar-refractivity contribution < 1.29 is 4.58 Å². The van der Waals surface area contributed by atoms with Crippen molar-refractivity contribution >= 4 is 6.34 Å². The van der Waals surface area contributed by atoms with Crippen molar-refractivity contribution in [3.63, 3.8) is 0 Å². The molecule has 0 radical (unpaired) electrons. The van der Waals surface area contributed by atoms with E-state index >= 15 is 0 Å². The van der Waals surface area contributed by atoms with Crippen molar-refractivity contribution in [1.29, 1.82) is 0 Å². The maximum absolute atomic E-state index is 2.72. The quantitative estimate of drug-likeness (QED) is 0.680. The van der Waals surface area contributed by atoms with Crippen LogP contribution < -0.4 is 0 Å². The summed E-state index contributed by atoms with van der Waals surface area (Å²) in [5.74, 6) is 5.18. The summed E-state index contributed by atoms with van der Waals surface area (Å²) in [6.45, 7) is 17.3. The van der Waals surface area contributed by atoms with Gasteiger partial charge in [-0.15, -0.1) is 0 Å². The summed E-state index contributed by atoms with van der Waals surface area (Å²) < 4.78 is 2.72. The Kier molecular flexibility index (Phi) is 5.09. The zero-order valence-corrected chi connectivity index (χ0v) is 16.3. The summed E-state index contributed by atoms with van der Waals surface area (Å²) in [5, 5.41) is 0. The average molecular weight is 320 g/mol. The van der Waals surface area contributed by atoms with Crippen LogP contribution in [-0.2, 0) is 0 Å². The van der Waals surface area contributed by atoms with Gasteiger partial charge in [0.25, 0.3) is 0 Å². The summed E-state index contributed by atoms with van der Waals surface area (Å²) >= 11 is 0. The third-order valence-corrected chi connectivity index (χ3v) is 7.11. The summed E-state index contributed by atoms with van der Waals surface area (Å²) in [5.41, 5.74) is 0. The highest BCUT2D eigenvalue weighted by Gasteiger charge is 2.43.